The van der Waals surface area contributed by atoms with E-state index < -0.39 is 0 Å². The average molecular weight is 310 g/mol. The quantitative estimate of drug-likeness (QED) is 0.806. The second-order valence-electron chi connectivity index (χ2n) is 6.94. The van der Waals surface area contributed by atoms with E-state index in [4.69, 9.17) is 4.74 Å². The number of aromatic hydroxyl groups is 1. The van der Waals surface area contributed by atoms with Crippen molar-refractivity contribution in [2.24, 2.45) is 0 Å². The van der Waals surface area contributed by atoms with E-state index in [2.05, 4.69) is 64.1 Å². The van der Waals surface area contributed by atoms with Gasteiger partial charge in [-0.25, -0.2) is 0 Å². The smallest absolute Gasteiger partial charge is 0.119 e. The van der Waals surface area contributed by atoms with Crippen LogP contribution in [0.3, 0.4) is 0 Å². The first-order valence-electron chi connectivity index (χ1n) is 7.97. The molecule has 23 heavy (non-hydrogen) atoms. The van der Waals surface area contributed by atoms with E-state index in [1.54, 1.807) is 19.2 Å². The summed E-state index contributed by atoms with van der Waals surface area (Å²) in [7, 11) is 1.63. The molecule has 0 saturated carbocycles. The molecule has 0 aliphatic rings. The molecule has 2 nitrogen and oxygen atoms in total. The molecule has 0 saturated heterocycles. The van der Waals surface area contributed by atoms with Crippen LogP contribution in [0.2, 0.25) is 0 Å². The molecule has 122 valence electrons. The van der Waals surface area contributed by atoms with Crippen LogP contribution < -0.4 is 4.74 Å². The lowest BCUT2D eigenvalue weighted by atomic mass is 9.86. The van der Waals surface area contributed by atoms with Gasteiger partial charge in [-0.1, -0.05) is 64.1 Å². The van der Waals surface area contributed by atoms with Gasteiger partial charge in [0.15, 0.2) is 0 Å². The fourth-order valence-corrected chi connectivity index (χ4v) is 2.48. The maximum Gasteiger partial charge on any atom is 0.119 e. The Bertz CT molecular complexity index is 676. The van der Waals surface area contributed by atoms with Gasteiger partial charge >= 0.3 is 0 Å². The number of ether oxygens (including phenoxy) is 1. The fraction of sp³-hybridized carbons (Fsp3) is 0.333. The molecule has 2 aromatic rings. The highest BCUT2D eigenvalue weighted by atomic mass is 16.5. The molecule has 0 spiro atoms. The summed E-state index contributed by atoms with van der Waals surface area (Å²) in [6, 6.07) is 13.9. The second kappa shape index (κ2) is 6.91. The van der Waals surface area contributed by atoms with E-state index in [1.165, 1.54) is 5.56 Å². The highest BCUT2D eigenvalue weighted by Gasteiger charge is 2.12. The average Bonchev–Trinajstić information content (AvgIpc) is 2.52. The Morgan fingerprint density at radius 1 is 1.04 bits per heavy atom. The first-order valence-corrected chi connectivity index (χ1v) is 7.97. The largest absolute Gasteiger partial charge is 0.508 e. The number of phenols is 1. The summed E-state index contributed by atoms with van der Waals surface area (Å²) < 4.78 is 5.23. The predicted molar refractivity (Wildman–Crippen MR) is 97.2 cm³/mol. The highest BCUT2D eigenvalue weighted by molar-refractivity contribution is 5.53. The Balaban J connectivity index is 2.16. The number of allylic oxidation sites excluding steroid dienone is 1. The number of benzene rings is 2. The fourth-order valence-electron chi connectivity index (χ4n) is 2.48. The van der Waals surface area contributed by atoms with Crippen molar-refractivity contribution in [3.8, 4) is 11.5 Å². The Morgan fingerprint density at radius 2 is 1.70 bits per heavy atom. The van der Waals surface area contributed by atoms with E-state index >= 15 is 0 Å². The zero-order valence-electron chi connectivity index (χ0n) is 14.6. The van der Waals surface area contributed by atoms with Gasteiger partial charge in [-0.2, -0.15) is 0 Å². The molecule has 1 unspecified atom stereocenters. The Labute approximate surface area is 139 Å². The van der Waals surface area contributed by atoms with E-state index in [9.17, 15) is 5.11 Å². The molecule has 2 rings (SSSR count). The zero-order chi connectivity index (χ0) is 17.0. The van der Waals surface area contributed by atoms with Crippen molar-refractivity contribution in [1.29, 1.82) is 0 Å². The summed E-state index contributed by atoms with van der Waals surface area (Å²) in [6.45, 7) is 8.71. The summed E-state index contributed by atoms with van der Waals surface area (Å²) in [5.41, 5.74) is 3.52. The summed E-state index contributed by atoms with van der Waals surface area (Å²) in [5.74, 6) is 1.16. The van der Waals surface area contributed by atoms with Crippen LogP contribution in [0.25, 0.3) is 6.08 Å². The molecule has 0 aromatic heterocycles. The molecule has 2 heteroatoms. The van der Waals surface area contributed by atoms with Crippen LogP contribution >= 0.6 is 0 Å². The Morgan fingerprint density at radius 3 is 2.26 bits per heavy atom. The maximum absolute atomic E-state index is 10.0. The molecule has 0 radical (unpaired) electrons. The van der Waals surface area contributed by atoms with Crippen molar-refractivity contribution in [1.82, 2.24) is 0 Å². The lowest BCUT2D eigenvalue weighted by Crippen LogP contribution is -2.10. The highest BCUT2D eigenvalue weighted by Crippen LogP contribution is 2.31. The third kappa shape index (κ3) is 4.38. The van der Waals surface area contributed by atoms with Crippen molar-refractivity contribution in [2.75, 3.05) is 7.11 Å². The minimum Gasteiger partial charge on any atom is -0.508 e. The van der Waals surface area contributed by atoms with Gasteiger partial charge in [-0.15, -0.1) is 0 Å². The first kappa shape index (κ1) is 17.1. The van der Waals surface area contributed by atoms with E-state index in [-0.39, 0.29) is 11.3 Å². The molecule has 0 fully saturated rings. The summed E-state index contributed by atoms with van der Waals surface area (Å²) >= 11 is 0. The van der Waals surface area contributed by atoms with Crippen LogP contribution in [0, 0.1) is 0 Å². The molecule has 0 amide bonds. The molecule has 0 bridgehead atoms. The lowest BCUT2D eigenvalue weighted by Gasteiger charge is -2.18. The number of hydrogen-bond acceptors (Lipinski definition) is 2. The third-order valence-electron chi connectivity index (χ3n) is 4.08. The van der Waals surface area contributed by atoms with E-state index in [0.29, 0.717) is 5.75 Å². The Hall–Kier alpha value is -2.22. The first-order chi connectivity index (χ1) is 10.8. The van der Waals surface area contributed by atoms with Gasteiger partial charge in [0, 0.05) is 11.5 Å². The summed E-state index contributed by atoms with van der Waals surface area (Å²) in [6.07, 6.45) is 4.19. The maximum atomic E-state index is 10.0. The molecular formula is C21H26O2. The molecule has 1 N–H and O–H groups in total. The van der Waals surface area contributed by atoms with Crippen molar-refractivity contribution in [3.63, 3.8) is 0 Å². The van der Waals surface area contributed by atoms with Crippen LogP contribution in [0.1, 0.15) is 50.3 Å². The van der Waals surface area contributed by atoms with Crippen molar-refractivity contribution < 1.29 is 9.84 Å². The van der Waals surface area contributed by atoms with Crippen molar-refractivity contribution in [3.05, 3.63) is 65.2 Å². The molecule has 2 aromatic carbocycles. The van der Waals surface area contributed by atoms with E-state index in [1.807, 2.05) is 6.07 Å². The van der Waals surface area contributed by atoms with Gasteiger partial charge in [-0.05, 0) is 34.7 Å². The Kier molecular flexibility index (Phi) is 5.15. The molecule has 0 aliphatic heterocycles. The topological polar surface area (TPSA) is 29.5 Å². The predicted octanol–water partition coefficient (Wildman–Crippen LogP) is 5.52. The van der Waals surface area contributed by atoms with Crippen LogP contribution in [-0.2, 0) is 5.41 Å². The van der Waals surface area contributed by atoms with Gasteiger partial charge in [0.2, 0.25) is 0 Å². The number of hydrogen-bond donors (Lipinski definition) is 1. The summed E-state index contributed by atoms with van der Waals surface area (Å²) in [4.78, 5) is 0. The van der Waals surface area contributed by atoms with Crippen molar-refractivity contribution in [2.45, 2.75) is 39.0 Å². The van der Waals surface area contributed by atoms with Gasteiger partial charge < -0.3 is 9.84 Å². The number of methoxy groups -OCH3 is 1. The third-order valence-corrected chi connectivity index (χ3v) is 4.08. The van der Waals surface area contributed by atoms with Gasteiger partial charge in [-0.3, -0.25) is 0 Å². The molecular weight excluding hydrogens is 284 g/mol. The lowest BCUT2D eigenvalue weighted by molar-refractivity contribution is 0.410. The molecule has 1 atom stereocenters. The number of rotatable bonds is 4. The SMILES string of the molecule is COc1ccc(O)c(C(C)/C=C\c2ccc(C(C)(C)C)cc2)c1. The van der Waals surface area contributed by atoms with Gasteiger partial charge in [0.25, 0.3) is 0 Å². The van der Waals surface area contributed by atoms with Crippen LogP contribution in [0.4, 0.5) is 0 Å². The van der Waals surface area contributed by atoms with Gasteiger partial charge in [0.1, 0.15) is 11.5 Å². The molecule has 0 heterocycles. The zero-order valence-corrected chi connectivity index (χ0v) is 14.6. The minimum absolute atomic E-state index is 0.104. The molecule has 0 aliphatic carbocycles. The van der Waals surface area contributed by atoms with Crippen LogP contribution in [0.15, 0.2) is 48.5 Å². The summed E-state index contributed by atoms with van der Waals surface area (Å²) in [5, 5.41) is 10.0. The van der Waals surface area contributed by atoms with Crippen molar-refractivity contribution >= 4 is 6.08 Å². The number of phenolic OH excluding ortho intramolecular Hbond substituents is 1. The van der Waals surface area contributed by atoms with E-state index in [0.717, 1.165) is 16.9 Å². The minimum atomic E-state index is 0.104. The standard InChI is InChI=1S/C21H26O2/c1-15(19-14-18(23-5)12-13-20(19)22)6-7-16-8-10-17(11-9-16)21(2,3)4/h6-15,22H,1-5H3/b7-6-. The van der Waals surface area contributed by atoms with Crippen LogP contribution in [-0.4, -0.2) is 12.2 Å². The van der Waals surface area contributed by atoms with Crippen LogP contribution in [0.5, 0.6) is 11.5 Å². The van der Waals surface area contributed by atoms with Gasteiger partial charge in [0.05, 0.1) is 7.11 Å². The monoisotopic (exact) mass is 310 g/mol. The second-order valence-corrected chi connectivity index (χ2v) is 6.94. The normalized spacial score (nSPS) is 13.3.